The first kappa shape index (κ1) is 32.3. The molecule has 0 fully saturated rings. The zero-order chi connectivity index (χ0) is 37.0. The van der Waals surface area contributed by atoms with E-state index in [1.807, 2.05) is 18.2 Å². The van der Waals surface area contributed by atoms with Crippen LogP contribution in [0.1, 0.15) is 0 Å². The Labute approximate surface area is 328 Å². The Hall–Kier alpha value is -7.14. The molecule has 0 amide bonds. The normalized spacial score (nSPS) is 11.6. The molecule has 0 saturated heterocycles. The summed E-state index contributed by atoms with van der Waals surface area (Å²) in [6.07, 6.45) is 0. The monoisotopic (exact) mass is 731 g/mol. The van der Waals surface area contributed by atoms with E-state index in [2.05, 4.69) is 187 Å². The molecule has 8 aromatic carbocycles. The molecular formula is C52H33N3S. The minimum atomic E-state index is 0.737. The fourth-order valence-corrected chi connectivity index (χ4v) is 9.26. The van der Waals surface area contributed by atoms with Gasteiger partial charge in [0.05, 0.1) is 26.9 Å². The van der Waals surface area contributed by atoms with Crippen LogP contribution in [-0.4, -0.2) is 14.5 Å². The van der Waals surface area contributed by atoms with Crippen LogP contribution in [0, 0.1) is 0 Å². The maximum Gasteiger partial charge on any atom is 0.160 e. The molecule has 262 valence electrons. The number of hydrogen-bond donors (Lipinski definition) is 0. The largest absolute Gasteiger partial charge is 0.309 e. The van der Waals surface area contributed by atoms with Gasteiger partial charge in [0, 0.05) is 37.7 Å². The van der Waals surface area contributed by atoms with Gasteiger partial charge < -0.3 is 4.57 Å². The summed E-state index contributed by atoms with van der Waals surface area (Å²) in [5.41, 5.74) is 14.8. The maximum atomic E-state index is 5.22. The van der Waals surface area contributed by atoms with Gasteiger partial charge in [-0.05, 0) is 75.8 Å². The van der Waals surface area contributed by atoms with Crippen molar-refractivity contribution in [3.63, 3.8) is 0 Å². The predicted molar refractivity (Wildman–Crippen MR) is 236 cm³/mol. The van der Waals surface area contributed by atoms with Crippen LogP contribution >= 0.6 is 11.3 Å². The molecule has 0 unspecified atom stereocenters. The van der Waals surface area contributed by atoms with Crippen molar-refractivity contribution < 1.29 is 0 Å². The summed E-state index contributed by atoms with van der Waals surface area (Å²) >= 11 is 1.77. The first-order chi connectivity index (χ1) is 27.7. The number of fused-ring (bicyclic) bond motifs is 6. The van der Waals surface area contributed by atoms with Crippen LogP contribution in [0.5, 0.6) is 0 Å². The summed E-state index contributed by atoms with van der Waals surface area (Å²) < 4.78 is 4.66. The van der Waals surface area contributed by atoms with Gasteiger partial charge in [0.1, 0.15) is 0 Å². The number of hydrogen-bond acceptors (Lipinski definition) is 3. The van der Waals surface area contributed by atoms with Crippen molar-refractivity contribution in [1.82, 2.24) is 14.5 Å². The van der Waals surface area contributed by atoms with E-state index in [9.17, 15) is 0 Å². The molecule has 11 rings (SSSR count). The number of thiophene rings is 1. The van der Waals surface area contributed by atoms with Crippen LogP contribution in [0.25, 0.3) is 104 Å². The van der Waals surface area contributed by atoms with Crippen LogP contribution < -0.4 is 0 Å². The van der Waals surface area contributed by atoms with Crippen LogP contribution in [0.3, 0.4) is 0 Å². The fraction of sp³-hybridized carbons (Fsp3) is 0. The zero-order valence-electron chi connectivity index (χ0n) is 30.3. The molecule has 3 aromatic heterocycles. The van der Waals surface area contributed by atoms with Gasteiger partial charge in [-0.2, -0.15) is 0 Å². The lowest BCUT2D eigenvalue weighted by atomic mass is 9.97. The van der Waals surface area contributed by atoms with Gasteiger partial charge in [0.15, 0.2) is 5.82 Å². The third kappa shape index (κ3) is 5.50. The molecular weight excluding hydrogens is 699 g/mol. The third-order valence-corrected chi connectivity index (χ3v) is 12.0. The highest BCUT2D eigenvalue weighted by molar-refractivity contribution is 7.26. The van der Waals surface area contributed by atoms with Gasteiger partial charge in [-0.15, -0.1) is 11.3 Å². The molecule has 0 N–H and O–H groups in total. The molecule has 0 bridgehead atoms. The Morgan fingerprint density at radius 3 is 1.68 bits per heavy atom. The lowest BCUT2D eigenvalue weighted by molar-refractivity contribution is 1.18. The summed E-state index contributed by atoms with van der Waals surface area (Å²) in [5, 5.41) is 3.65. The summed E-state index contributed by atoms with van der Waals surface area (Å²) in [6, 6.07) is 71.5. The van der Waals surface area contributed by atoms with Gasteiger partial charge >= 0.3 is 0 Å². The number of aromatic nitrogens is 3. The summed E-state index contributed by atoms with van der Waals surface area (Å²) in [7, 11) is 0. The first-order valence-electron chi connectivity index (χ1n) is 18.9. The van der Waals surface area contributed by atoms with E-state index in [0.29, 0.717) is 0 Å². The van der Waals surface area contributed by atoms with E-state index in [0.717, 1.165) is 38.2 Å². The van der Waals surface area contributed by atoms with Crippen LogP contribution in [0.15, 0.2) is 200 Å². The maximum absolute atomic E-state index is 5.22. The Morgan fingerprint density at radius 2 is 0.911 bits per heavy atom. The highest BCUT2D eigenvalue weighted by atomic mass is 32.1. The lowest BCUT2D eigenvalue weighted by Gasteiger charge is -2.09. The molecule has 11 aromatic rings. The highest BCUT2D eigenvalue weighted by Crippen LogP contribution is 2.42. The molecule has 0 saturated carbocycles. The molecule has 0 radical (unpaired) electrons. The Bertz CT molecular complexity index is 3220. The quantitative estimate of drug-likeness (QED) is 0.170. The molecule has 3 heterocycles. The van der Waals surface area contributed by atoms with Crippen molar-refractivity contribution in [2.45, 2.75) is 0 Å². The molecule has 0 spiro atoms. The molecule has 0 aliphatic rings. The summed E-state index contributed by atoms with van der Waals surface area (Å²) in [5.74, 6) is 0.737. The fourth-order valence-electron chi connectivity index (χ4n) is 8.07. The van der Waals surface area contributed by atoms with Crippen LogP contribution in [0.4, 0.5) is 0 Å². The smallest absolute Gasteiger partial charge is 0.160 e. The van der Waals surface area contributed by atoms with Crippen LogP contribution in [0.2, 0.25) is 0 Å². The van der Waals surface area contributed by atoms with Crippen molar-refractivity contribution in [1.29, 1.82) is 0 Å². The second-order valence-electron chi connectivity index (χ2n) is 14.2. The van der Waals surface area contributed by atoms with E-state index in [1.165, 1.54) is 65.6 Å². The minimum absolute atomic E-state index is 0.737. The molecule has 3 nitrogen and oxygen atoms in total. The first-order valence-corrected chi connectivity index (χ1v) is 19.7. The average Bonchev–Trinajstić information content (AvgIpc) is 3.82. The van der Waals surface area contributed by atoms with Gasteiger partial charge in [-0.3, -0.25) is 0 Å². The van der Waals surface area contributed by atoms with Crippen molar-refractivity contribution >= 4 is 53.4 Å². The van der Waals surface area contributed by atoms with Crippen molar-refractivity contribution in [2.75, 3.05) is 0 Å². The number of para-hydroxylation sites is 2. The van der Waals surface area contributed by atoms with E-state index < -0.39 is 0 Å². The topological polar surface area (TPSA) is 30.7 Å². The van der Waals surface area contributed by atoms with E-state index in [1.54, 1.807) is 11.3 Å². The van der Waals surface area contributed by atoms with E-state index in [-0.39, 0.29) is 0 Å². The van der Waals surface area contributed by atoms with Crippen molar-refractivity contribution in [3.05, 3.63) is 200 Å². The molecule has 4 heteroatoms. The van der Waals surface area contributed by atoms with Gasteiger partial charge in [-0.1, -0.05) is 158 Å². The predicted octanol–water partition coefficient (Wildman–Crippen LogP) is 14.3. The van der Waals surface area contributed by atoms with Gasteiger partial charge in [0.2, 0.25) is 0 Å². The zero-order valence-corrected chi connectivity index (χ0v) is 31.1. The Morgan fingerprint density at radius 1 is 0.357 bits per heavy atom. The molecule has 0 aliphatic heterocycles. The second kappa shape index (κ2) is 13.3. The Balaban J connectivity index is 1.01. The van der Waals surface area contributed by atoms with E-state index >= 15 is 0 Å². The van der Waals surface area contributed by atoms with Gasteiger partial charge in [-0.25, -0.2) is 9.97 Å². The standard InChI is InChI=1S/C52H33N3S/c1-4-13-34(14-5-1)35-23-25-36(26-24-35)49-51-50(54-52(53-49)37-15-6-2-7-16-37)44-29-27-41(33-48(44)56-51)39-18-12-17-38(31-39)40-28-30-47-45(32-40)43-21-10-11-22-46(43)55(47)42-19-8-3-9-20-42/h1-33H. The summed E-state index contributed by atoms with van der Waals surface area (Å²) in [6.45, 7) is 0. The number of benzene rings is 8. The van der Waals surface area contributed by atoms with E-state index in [4.69, 9.17) is 9.97 Å². The Kier molecular flexibility index (Phi) is 7.68. The van der Waals surface area contributed by atoms with Crippen molar-refractivity contribution in [2.24, 2.45) is 0 Å². The average molecular weight is 732 g/mol. The second-order valence-corrected chi connectivity index (χ2v) is 15.2. The molecule has 0 aliphatic carbocycles. The van der Waals surface area contributed by atoms with Crippen LogP contribution in [-0.2, 0) is 0 Å². The summed E-state index contributed by atoms with van der Waals surface area (Å²) in [4.78, 5) is 10.4. The highest BCUT2D eigenvalue weighted by Gasteiger charge is 2.18. The molecule has 56 heavy (non-hydrogen) atoms. The van der Waals surface area contributed by atoms with Gasteiger partial charge in [0.25, 0.3) is 0 Å². The third-order valence-electron chi connectivity index (χ3n) is 10.8. The SMILES string of the molecule is c1ccc(-c2ccc(-c3nc(-c4ccccc4)nc4c3sc3cc(-c5cccc(-c6ccc7c(c6)c6ccccc6n7-c6ccccc6)c5)ccc34)cc2)cc1. The minimum Gasteiger partial charge on any atom is -0.309 e. The lowest BCUT2D eigenvalue weighted by Crippen LogP contribution is -1.93. The molecule has 0 atom stereocenters. The van der Waals surface area contributed by atoms with Crippen molar-refractivity contribution in [3.8, 4) is 61.7 Å². The number of nitrogens with zero attached hydrogens (tertiary/aromatic N) is 3. The number of rotatable bonds is 6.